The highest BCUT2D eigenvalue weighted by Gasteiger charge is 2.43. The van der Waals surface area contributed by atoms with Crippen LogP contribution in [0.2, 0.25) is 0 Å². The minimum Gasteiger partial charge on any atom is -0.503 e. The summed E-state index contributed by atoms with van der Waals surface area (Å²) in [5, 5.41) is 12.5. The summed E-state index contributed by atoms with van der Waals surface area (Å²) >= 11 is 1.30. The van der Waals surface area contributed by atoms with E-state index in [9.17, 15) is 14.7 Å². The summed E-state index contributed by atoms with van der Waals surface area (Å²) in [6.07, 6.45) is 0. The van der Waals surface area contributed by atoms with Crippen LogP contribution in [0, 0.1) is 0 Å². The number of aliphatic hydroxyl groups is 1. The second-order valence-corrected chi connectivity index (χ2v) is 7.72. The van der Waals surface area contributed by atoms with E-state index >= 15 is 0 Å². The first-order valence-corrected chi connectivity index (χ1v) is 10.6. The first-order valence-electron chi connectivity index (χ1n) is 9.70. The van der Waals surface area contributed by atoms with E-state index in [2.05, 4.69) is 18.7 Å². The molecule has 1 amide bonds. The van der Waals surface area contributed by atoms with Gasteiger partial charge in [-0.05, 0) is 42.2 Å². The standard InChI is InChI=1S/C22H26N2O4S/c1-4-23(5-2)12-13-24-19(15-8-10-16(28-3)11-9-15)18(21(26)22(24)27)20(25)17-7-6-14-29-17/h6-11,14,19,26H,4-5,12-13H2,1-3H3/t19-/m0/s1. The molecule has 0 radical (unpaired) electrons. The number of amides is 1. The Labute approximate surface area is 175 Å². The van der Waals surface area contributed by atoms with Gasteiger partial charge in [0.05, 0.1) is 23.6 Å². The van der Waals surface area contributed by atoms with E-state index in [4.69, 9.17) is 4.74 Å². The second kappa shape index (κ2) is 9.24. The fraction of sp³-hybridized carbons (Fsp3) is 0.364. The largest absolute Gasteiger partial charge is 0.503 e. The Morgan fingerprint density at radius 1 is 1.21 bits per heavy atom. The van der Waals surface area contributed by atoms with Crippen LogP contribution < -0.4 is 4.74 Å². The highest BCUT2D eigenvalue weighted by atomic mass is 32.1. The third-order valence-electron chi connectivity index (χ3n) is 5.28. The number of likely N-dealkylation sites (N-methyl/N-ethyl adjacent to an activating group) is 1. The fourth-order valence-electron chi connectivity index (χ4n) is 3.58. The number of hydrogen-bond donors (Lipinski definition) is 1. The van der Waals surface area contributed by atoms with E-state index in [-0.39, 0.29) is 11.4 Å². The molecule has 1 aromatic heterocycles. The van der Waals surface area contributed by atoms with Gasteiger partial charge in [-0.25, -0.2) is 0 Å². The number of nitrogens with zero attached hydrogens (tertiary/aromatic N) is 2. The zero-order valence-electron chi connectivity index (χ0n) is 16.9. The maximum atomic E-state index is 13.1. The molecule has 1 aliphatic heterocycles. The predicted molar refractivity (Wildman–Crippen MR) is 114 cm³/mol. The predicted octanol–water partition coefficient (Wildman–Crippen LogP) is 3.68. The number of Topliss-reactive ketones (excluding diaryl/α,β-unsaturated/α-hetero) is 1. The highest BCUT2D eigenvalue weighted by Crippen LogP contribution is 2.39. The molecular weight excluding hydrogens is 388 g/mol. The lowest BCUT2D eigenvalue weighted by Crippen LogP contribution is -2.38. The molecule has 0 saturated heterocycles. The summed E-state index contributed by atoms with van der Waals surface area (Å²) in [4.78, 5) is 30.4. The summed E-state index contributed by atoms with van der Waals surface area (Å²) in [7, 11) is 1.59. The van der Waals surface area contributed by atoms with Gasteiger partial charge in [0.1, 0.15) is 5.75 Å². The van der Waals surface area contributed by atoms with Crippen molar-refractivity contribution in [2.24, 2.45) is 0 Å². The van der Waals surface area contributed by atoms with Crippen LogP contribution in [0.5, 0.6) is 5.75 Å². The van der Waals surface area contributed by atoms with Crippen LogP contribution in [0.15, 0.2) is 53.1 Å². The smallest absolute Gasteiger partial charge is 0.290 e. The average molecular weight is 415 g/mol. The Hall–Kier alpha value is -2.64. The van der Waals surface area contributed by atoms with E-state index in [1.165, 1.54) is 11.3 Å². The molecule has 0 fully saturated rings. The van der Waals surface area contributed by atoms with Gasteiger partial charge < -0.3 is 19.6 Å². The minimum absolute atomic E-state index is 0.141. The summed E-state index contributed by atoms with van der Waals surface area (Å²) in [6, 6.07) is 10.1. The van der Waals surface area contributed by atoms with Gasteiger partial charge in [0, 0.05) is 13.1 Å². The molecule has 2 heterocycles. The van der Waals surface area contributed by atoms with Gasteiger partial charge in [0.2, 0.25) is 5.78 Å². The number of thiophene rings is 1. The van der Waals surface area contributed by atoms with Gasteiger partial charge >= 0.3 is 0 Å². The van der Waals surface area contributed by atoms with Gasteiger partial charge in [-0.1, -0.05) is 32.0 Å². The summed E-state index contributed by atoms with van der Waals surface area (Å²) < 4.78 is 5.23. The van der Waals surface area contributed by atoms with Crippen molar-refractivity contribution < 1.29 is 19.4 Å². The molecule has 0 spiro atoms. The van der Waals surface area contributed by atoms with E-state index in [0.717, 1.165) is 18.7 Å². The molecule has 0 bridgehead atoms. The Balaban J connectivity index is 1.99. The molecule has 0 saturated carbocycles. The van der Waals surface area contributed by atoms with Crippen molar-refractivity contribution in [3.63, 3.8) is 0 Å². The maximum absolute atomic E-state index is 13.1. The van der Waals surface area contributed by atoms with Crippen molar-refractivity contribution in [3.05, 3.63) is 63.6 Å². The van der Waals surface area contributed by atoms with Crippen molar-refractivity contribution in [1.82, 2.24) is 9.80 Å². The summed E-state index contributed by atoms with van der Waals surface area (Å²) in [6.45, 7) is 6.95. The molecule has 154 valence electrons. The number of ether oxygens (including phenoxy) is 1. The van der Waals surface area contributed by atoms with Crippen molar-refractivity contribution in [1.29, 1.82) is 0 Å². The van der Waals surface area contributed by atoms with E-state index < -0.39 is 17.7 Å². The third-order valence-corrected chi connectivity index (χ3v) is 6.14. The lowest BCUT2D eigenvalue weighted by atomic mass is 9.95. The molecule has 6 nitrogen and oxygen atoms in total. The molecule has 3 rings (SSSR count). The van der Waals surface area contributed by atoms with E-state index in [1.807, 2.05) is 17.5 Å². The molecule has 0 unspecified atom stereocenters. The lowest BCUT2D eigenvalue weighted by Gasteiger charge is -2.29. The van der Waals surface area contributed by atoms with Crippen LogP contribution in [0.4, 0.5) is 0 Å². The Morgan fingerprint density at radius 2 is 1.90 bits per heavy atom. The van der Waals surface area contributed by atoms with Crippen LogP contribution in [0.1, 0.15) is 35.1 Å². The van der Waals surface area contributed by atoms with Gasteiger partial charge in [-0.3, -0.25) is 9.59 Å². The SMILES string of the molecule is CCN(CC)CCN1C(=O)C(O)=C(C(=O)c2cccs2)[C@@H]1c1ccc(OC)cc1. The van der Waals surface area contributed by atoms with E-state index in [0.29, 0.717) is 23.7 Å². The number of ketones is 1. The molecule has 1 aromatic carbocycles. The van der Waals surface area contributed by atoms with Crippen LogP contribution in [0.25, 0.3) is 0 Å². The van der Waals surface area contributed by atoms with Crippen molar-refractivity contribution in [2.45, 2.75) is 19.9 Å². The molecule has 1 N–H and O–H groups in total. The number of carbonyl (C=O) groups is 2. The summed E-state index contributed by atoms with van der Waals surface area (Å²) in [5.41, 5.74) is 0.907. The van der Waals surface area contributed by atoms with E-state index in [1.54, 1.807) is 36.3 Å². The zero-order valence-corrected chi connectivity index (χ0v) is 17.7. The third kappa shape index (κ3) is 4.21. The first-order chi connectivity index (χ1) is 14.0. The number of hydrogen-bond acceptors (Lipinski definition) is 6. The number of aliphatic hydroxyl groups excluding tert-OH is 1. The van der Waals surface area contributed by atoms with Crippen molar-refractivity contribution in [3.8, 4) is 5.75 Å². The van der Waals surface area contributed by atoms with Gasteiger partial charge in [-0.15, -0.1) is 11.3 Å². The molecule has 0 aliphatic carbocycles. The molecule has 2 aromatic rings. The monoisotopic (exact) mass is 414 g/mol. The zero-order chi connectivity index (χ0) is 21.0. The molecular formula is C22H26N2O4S. The number of rotatable bonds is 9. The van der Waals surface area contributed by atoms with Crippen LogP contribution >= 0.6 is 11.3 Å². The normalized spacial score (nSPS) is 16.8. The molecule has 7 heteroatoms. The Kier molecular flexibility index (Phi) is 6.71. The summed E-state index contributed by atoms with van der Waals surface area (Å²) in [5.74, 6) is -0.578. The molecule has 1 aliphatic rings. The van der Waals surface area contributed by atoms with Crippen molar-refractivity contribution in [2.75, 3.05) is 33.3 Å². The number of carbonyl (C=O) groups excluding carboxylic acids is 2. The minimum atomic E-state index is -0.626. The van der Waals surface area contributed by atoms with Crippen LogP contribution in [-0.2, 0) is 4.79 Å². The topological polar surface area (TPSA) is 70.1 Å². The molecule has 1 atom stereocenters. The fourth-order valence-corrected chi connectivity index (χ4v) is 4.26. The van der Waals surface area contributed by atoms with Crippen molar-refractivity contribution >= 4 is 23.0 Å². The van der Waals surface area contributed by atoms with Crippen LogP contribution in [0.3, 0.4) is 0 Å². The Morgan fingerprint density at radius 3 is 2.45 bits per heavy atom. The highest BCUT2D eigenvalue weighted by molar-refractivity contribution is 7.12. The first kappa shape index (κ1) is 21.1. The second-order valence-electron chi connectivity index (χ2n) is 6.77. The lowest BCUT2D eigenvalue weighted by molar-refractivity contribution is -0.129. The number of methoxy groups -OCH3 is 1. The van der Waals surface area contributed by atoms with Gasteiger partial charge in [-0.2, -0.15) is 0 Å². The average Bonchev–Trinajstić information content (AvgIpc) is 3.37. The quantitative estimate of drug-likeness (QED) is 0.634. The van der Waals surface area contributed by atoms with Gasteiger partial charge in [0.25, 0.3) is 5.91 Å². The maximum Gasteiger partial charge on any atom is 0.290 e. The number of benzene rings is 1. The van der Waals surface area contributed by atoms with Gasteiger partial charge in [0.15, 0.2) is 5.76 Å². The molecule has 29 heavy (non-hydrogen) atoms. The Bertz CT molecular complexity index is 886. The van der Waals surface area contributed by atoms with Crippen LogP contribution in [-0.4, -0.2) is 59.9 Å².